The number of hydrogen-bond acceptors (Lipinski definition) is 1. The van der Waals surface area contributed by atoms with Crippen LogP contribution in [0.5, 0.6) is 0 Å². The largest absolute Gasteiger partial charge is 0.358 e. The smallest absolute Gasteiger partial charge is 0.251 e. The highest BCUT2D eigenvalue weighted by Crippen LogP contribution is 2.29. The Morgan fingerprint density at radius 2 is 2.09 bits per heavy atom. The molecule has 0 saturated carbocycles. The van der Waals surface area contributed by atoms with Crippen LogP contribution in [-0.4, -0.2) is 38.1 Å². The zero-order valence-electron chi connectivity index (χ0n) is 13.6. The van der Waals surface area contributed by atoms with Crippen molar-refractivity contribution >= 4 is 16.8 Å². The van der Waals surface area contributed by atoms with Gasteiger partial charge in [-0.25, -0.2) is 0 Å². The third-order valence-electron chi connectivity index (χ3n) is 4.50. The van der Waals surface area contributed by atoms with Crippen molar-refractivity contribution in [3.8, 4) is 0 Å². The molecule has 1 amide bonds. The number of benzene rings is 1. The van der Waals surface area contributed by atoms with Crippen LogP contribution in [0.15, 0.2) is 18.2 Å². The van der Waals surface area contributed by atoms with E-state index in [4.69, 9.17) is 0 Å². The first-order valence-electron chi connectivity index (χ1n) is 8.36. The van der Waals surface area contributed by atoms with Crippen LogP contribution in [0.25, 0.3) is 10.9 Å². The average molecular weight is 300 g/mol. The molecule has 0 fully saturated rings. The lowest BCUT2D eigenvalue weighted by Crippen LogP contribution is -3.05. The lowest BCUT2D eigenvalue weighted by Gasteiger charge is -2.11. The van der Waals surface area contributed by atoms with E-state index in [1.165, 1.54) is 39.9 Å². The Morgan fingerprint density at radius 1 is 1.27 bits per heavy atom. The molecule has 0 aliphatic heterocycles. The second-order valence-corrected chi connectivity index (χ2v) is 6.62. The van der Waals surface area contributed by atoms with E-state index in [2.05, 4.69) is 30.5 Å². The lowest BCUT2D eigenvalue weighted by atomic mass is 9.95. The first-order chi connectivity index (χ1) is 10.6. The van der Waals surface area contributed by atoms with Crippen molar-refractivity contribution in [2.24, 2.45) is 0 Å². The predicted octanol–water partition coefficient (Wildman–Crippen LogP) is 1.31. The summed E-state index contributed by atoms with van der Waals surface area (Å²) in [6.07, 6.45) is 5.80. The summed E-state index contributed by atoms with van der Waals surface area (Å²) in [6.45, 7) is 1.82. The monoisotopic (exact) mass is 300 g/mol. The molecule has 0 unspecified atom stereocenters. The van der Waals surface area contributed by atoms with Crippen LogP contribution in [0.3, 0.4) is 0 Å². The summed E-state index contributed by atoms with van der Waals surface area (Å²) in [7, 11) is 4.26. The number of nitrogens with one attached hydrogen (secondary N) is 3. The van der Waals surface area contributed by atoms with Gasteiger partial charge in [-0.05, 0) is 49.4 Å². The van der Waals surface area contributed by atoms with Gasteiger partial charge in [-0.2, -0.15) is 0 Å². The van der Waals surface area contributed by atoms with Crippen LogP contribution in [-0.2, 0) is 12.8 Å². The molecule has 0 saturated heterocycles. The molecule has 0 bridgehead atoms. The first-order valence-corrected chi connectivity index (χ1v) is 8.36. The van der Waals surface area contributed by atoms with Crippen LogP contribution < -0.4 is 10.2 Å². The van der Waals surface area contributed by atoms with Crippen molar-refractivity contribution in [2.45, 2.75) is 32.1 Å². The van der Waals surface area contributed by atoms with Crippen molar-refractivity contribution in [2.75, 3.05) is 27.2 Å². The Morgan fingerprint density at radius 3 is 2.91 bits per heavy atom. The van der Waals surface area contributed by atoms with Gasteiger partial charge in [-0.1, -0.05) is 0 Å². The molecule has 118 valence electrons. The van der Waals surface area contributed by atoms with Gasteiger partial charge in [-0.15, -0.1) is 0 Å². The minimum Gasteiger partial charge on any atom is -0.358 e. The third kappa shape index (κ3) is 3.17. The van der Waals surface area contributed by atoms with E-state index < -0.39 is 0 Å². The minimum atomic E-state index is 0.0430. The summed E-state index contributed by atoms with van der Waals surface area (Å²) < 4.78 is 0. The quantitative estimate of drug-likeness (QED) is 0.717. The molecule has 0 radical (unpaired) electrons. The van der Waals surface area contributed by atoms with Crippen molar-refractivity contribution < 1.29 is 9.69 Å². The van der Waals surface area contributed by atoms with Gasteiger partial charge in [0.2, 0.25) is 0 Å². The zero-order valence-corrected chi connectivity index (χ0v) is 13.6. The number of rotatable bonds is 5. The first kappa shape index (κ1) is 15.1. The van der Waals surface area contributed by atoms with Crippen molar-refractivity contribution in [3.05, 3.63) is 35.0 Å². The van der Waals surface area contributed by atoms with Gasteiger partial charge < -0.3 is 15.2 Å². The molecule has 0 atom stereocenters. The fraction of sp³-hybridized carbons (Fsp3) is 0.500. The number of quaternary nitrogens is 1. The maximum absolute atomic E-state index is 12.3. The number of carbonyl (C=O) groups is 1. The molecule has 0 spiro atoms. The molecule has 4 nitrogen and oxygen atoms in total. The summed E-state index contributed by atoms with van der Waals surface area (Å²) >= 11 is 0. The van der Waals surface area contributed by atoms with E-state index in [9.17, 15) is 4.79 Å². The topological polar surface area (TPSA) is 49.3 Å². The molecule has 22 heavy (non-hydrogen) atoms. The second-order valence-electron chi connectivity index (χ2n) is 6.62. The fourth-order valence-electron chi connectivity index (χ4n) is 3.29. The highest BCUT2D eigenvalue weighted by molar-refractivity contribution is 5.99. The zero-order chi connectivity index (χ0) is 15.5. The molecule has 3 N–H and O–H groups in total. The van der Waals surface area contributed by atoms with Crippen LogP contribution in [0.2, 0.25) is 0 Å². The van der Waals surface area contributed by atoms with E-state index in [1.54, 1.807) is 0 Å². The molecular weight excluding hydrogens is 274 g/mol. The molecule has 4 heteroatoms. The normalized spacial score (nSPS) is 14.3. The van der Waals surface area contributed by atoms with E-state index in [0.717, 1.165) is 37.9 Å². The van der Waals surface area contributed by atoms with Gasteiger partial charge in [-0.3, -0.25) is 4.79 Å². The molecule has 3 rings (SSSR count). The summed E-state index contributed by atoms with van der Waals surface area (Å²) in [5.74, 6) is 0.0430. The number of hydrogen-bond donors (Lipinski definition) is 3. The number of aromatic amines is 1. The summed E-state index contributed by atoms with van der Waals surface area (Å²) in [6, 6.07) is 6.03. The number of amides is 1. The summed E-state index contributed by atoms with van der Waals surface area (Å²) in [5, 5.41) is 4.26. The summed E-state index contributed by atoms with van der Waals surface area (Å²) in [5.41, 5.74) is 4.73. The molecule has 1 aromatic heterocycles. The van der Waals surface area contributed by atoms with Gasteiger partial charge in [0.25, 0.3) is 5.91 Å². The van der Waals surface area contributed by atoms with Gasteiger partial charge in [0.1, 0.15) is 0 Å². The van der Waals surface area contributed by atoms with E-state index in [1.807, 2.05) is 12.1 Å². The Hall–Kier alpha value is -1.81. The van der Waals surface area contributed by atoms with Gasteiger partial charge in [0.05, 0.1) is 20.6 Å². The maximum Gasteiger partial charge on any atom is 0.251 e. The van der Waals surface area contributed by atoms with Crippen LogP contribution in [0.1, 0.15) is 40.9 Å². The lowest BCUT2D eigenvalue weighted by molar-refractivity contribution is -0.858. The van der Waals surface area contributed by atoms with Crippen LogP contribution >= 0.6 is 0 Å². The number of carbonyl (C=O) groups excluding carboxylic acids is 1. The van der Waals surface area contributed by atoms with Gasteiger partial charge >= 0.3 is 0 Å². The summed E-state index contributed by atoms with van der Waals surface area (Å²) in [4.78, 5) is 17.2. The third-order valence-corrected chi connectivity index (χ3v) is 4.50. The highest BCUT2D eigenvalue weighted by atomic mass is 16.1. The minimum absolute atomic E-state index is 0.0430. The molecule has 2 aromatic rings. The number of aromatic nitrogens is 1. The molecule has 1 aliphatic rings. The second kappa shape index (κ2) is 6.53. The molecule has 1 heterocycles. The van der Waals surface area contributed by atoms with E-state index >= 15 is 0 Å². The van der Waals surface area contributed by atoms with Crippen molar-refractivity contribution in [3.63, 3.8) is 0 Å². The van der Waals surface area contributed by atoms with Gasteiger partial charge in [0.15, 0.2) is 0 Å². The predicted molar refractivity (Wildman–Crippen MR) is 89.6 cm³/mol. The van der Waals surface area contributed by atoms with E-state index in [-0.39, 0.29) is 5.91 Å². The van der Waals surface area contributed by atoms with Crippen molar-refractivity contribution in [1.29, 1.82) is 0 Å². The van der Waals surface area contributed by atoms with E-state index in [0.29, 0.717) is 0 Å². The number of fused-ring (bicyclic) bond motifs is 3. The number of aryl methyl sites for hydroxylation is 2. The number of H-pyrrole nitrogens is 1. The Labute approximate surface area is 131 Å². The Balaban J connectivity index is 1.72. The Bertz CT molecular complexity index is 672. The molecular formula is C18H26N3O+. The average Bonchev–Trinajstić information content (AvgIpc) is 2.89. The van der Waals surface area contributed by atoms with Gasteiger partial charge in [0, 0.05) is 35.1 Å². The molecule has 1 aliphatic carbocycles. The van der Waals surface area contributed by atoms with Crippen LogP contribution in [0, 0.1) is 0 Å². The van der Waals surface area contributed by atoms with Crippen molar-refractivity contribution in [1.82, 2.24) is 10.3 Å². The highest BCUT2D eigenvalue weighted by Gasteiger charge is 2.16. The molecule has 1 aromatic carbocycles. The Kier molecular flexibility index (Phi) is 4.48. The SMILES string of the molecule is C[NH+](C)CCCNC(=O)c1ccc2[nH]c3c(c2c1)CCCC3. The fourth-order valence-corrected chi connectivity index (χ4v) is 3.29. The standard InChI is InChI=1S/C18H25N3O/c1-21(2)11-5-10-19-18(22)13-8-9-17-15(12-13)14-6-3-4-7-16(14)20-17/h8-9,12,20H,3-7,10-11H2,1-2H3,(H,19,22)/p+1. The maximum atomic E-state index is 12.3. The van der Waals surface area contributed by atoms with Crippen LogP contribution in [0.4, 0.5) is 0 Å².